The number of fused-ring (bicyclic) bond motifs is 3. The van der Waals surface area contributed by atoms with Crippen molar-refractivity contribution in [3.8, 4) is 11.8 Å². The molecule has 0 aliphatic carbocycles. The summed E-state index contributed by atoms with van der Waals surface area (Å²) in [6, 6.07) is 8.27. The van der Waals surface area contributed by atoms with Crippen LogP contribution in [0.3, 0.4) is 0 Å². The van der Waals surface area contributed by atoms with Crippen molar-refractivity contribution in [3.63, 3.8) is 0 Å². The van der Waals surface area contributed by atoms with Gasteiger partial charge in [-0.15, -0.1) is 0 Å². The van der Waals surface area contributed by atoms with Crippen LogP contribution in [-0.4, -0.2) is 32.7 Å². The van der Waals surface area contributed by atoms with Crippen LogP contribution >= 0.6 is 0 Å². The lowest BCUT2D eigenvalue weighted by atomic mass is 10.2. The van der Waals surface area contributed by atoms with Gasteiger partial charge in [-0.25, -0.2) is 4.98 Å². The van der Waals surface area contributed by atoms with E-state index in [-0.39, 0.29) is 6.01 Å². The highest BCUT2D eigenvalue weighted by molar-refractivity contribution is 5.82. The molecule has 0 spiro atoms. The smallest absolute Gasteiger partial charge is 0.320 e. The van der Waals surface area contributed by atoms with Crippen LogP contribution in [0, 0.1) is 6.92 Å². The minimum Gasteiger partial charge on any atom is -0.490 e. The number of nitrogen functional groups attached to an aromatic ring is 1. The zero-order valence-electron chi connectivity index (χ0n) is 14.2. The molecule has 4 rings (SSSR count). The second-order valence-corrected chi connectivity index (χ2v) is 6.11. The summed E-state index contributed by atoms with van der Waals surface area (Å²) >= 11 is 0. The first-order chi connectivity index (χ1) is 12.1. The molecule has 1 aromatic carbocycles. The Morgan fingerprint density at radius 2 is 2.00 bits per heavy atom. The Kier molecular flexibility index (Phi) is 3.76. The third kappa shape index (κ3) is 3.00. The topological polar surface area (TPSA) is 88.1 Å². The van der Waals surface area contributed by atoms with Crippen LogP contribution in [0.25, 0.3) is 11.2 Å². The number of aromatic nitrogens is 4. The minimum atomic E-state index is 0.255. The Morgan fingerprint density at radius 1 is 1.12 bits per heavy atom. The van der Waals surface area contributed by atoms with Gasteiger partial charge in [0.2, 0.25) is 0 Å². The molecule has 1 aliphatic rings. The van der Waals surface area contributed by atoms with Crippen LogP contribution in [0.5, 0.6) is 11.8 Å². The van der Waals surface area contributed by atoms with Crippen molar-refractivity contribution in [1.82, 2.24) is 19.5 Å². The maximum Gasteiger partial charge on any atom is 0.320 e. The van der Waals surface area contributed by atoms with Crippen molar-refractivity contribution < 1.29 is 9.47 Å². The number of ether oxygens (including phenoxy) is 2. The van der Waals surface area contributed by atoms with Gasteiger partial charge in [0.1, 0.15) is 24.8 Å². The lowest BCUT2D eigenvalue weighted by molar-refractivity contribution is 0.320. The summed E-state index contributed by atoms with van der Waals surface area (Å²) < 4.78 is 13.5. The molecule has 4 bridgehead atoms. The van der Waals surface area contributed by atoms with Crippen LogP contribution in [0.15, 0.2) is 35.9 Å². The summed E-state index contributed by atoms with van der Waals surface area (Å²) in [5, 5.41) is 0. The van der Waals surface area contributed by atoms with Gasteiger partial charge in [0.15, 0.2) is 17.0 Å². The zero-order chi connectivity index (χ0) is 17.4. The van der Waals surface area contributed by atoms with Gasteiger partial charge in [-0.05, 0) is 43.2 Å². The first kappa shape index (κ1) is 15.4. The zero-order valence-corrected chi connectivity index (χ0v) is 14.2. The summed E-state index contributed by atoms with van der Waals surface area (Å²) in [4.78, 5) is 13.3. The molecular weight excluding hydrogens is 318 g/mol. The van der Waals surface area contributed by atoms with E-state index in [0.717, 1.165) is 22.7 Å². The molecule has 2 aromatic heterocycles. The van der Waals surface area contributed by atoms with Gasteiger partial charge in [-0.1, -0.05) is 12.1 Å². The maximum atomic E-state index is 6.07. The van der Waals surface area contributed by atoms with E-state index in [1.165, 1.54) is 0 Å². The SMILES string of the molecule is C/C1=C/COc2cccc(c2)Cn2c(C)nc3c(N)nc(nc32)OC1. The predicted molar refractivity (Wildman–Crippen MR) is 94.8 cm³/mol. The number of benzene rings is 1. The Labute approximate surface area is 145 Å². The van der Waals surface area contributed by atoms with Gasteiger partial charge in [0, 0.05) is 0 Å². The molecule has 0 radical (unpaired) electrons. The van der Waals surface area contributed by atoms with Crippen molar-refractivity contribution in [2.45, 2.75) is 20.4 Å². The highest BCUT2D eigenvalue weighted by Crippen LogP contribution is 2.24. The molecule has 3 heterocycles. The molecular formula is C18H19N5O2. The monoisotopic (exact) mass is 337 g/mol. The highest BCUT2D eigenvalue weighted by atomic mass is 16.5. The van der Waals surface area contributed by atoms with Crippen LogP contribution in [0.2, 0.25) is 0 Å². The lowest BCUT2D eigenvalue weighted by Crippen LogP contribution is -2.08. The highest BCUT2D eigenvalue weighted by Gasteiger charge is 2.16. The number of anilines is 1. The predicted octanol–water partition coefficient (Wildman–Crippen LogP) is 2.48. The van der Waals surface area contributed by atoms with Crippen LogP contribution in [-0.2, 0) is 6.54 Å². The molecule has 7 heteroatoms. The van der Waals surface area contributed by atoms with E-state index in [1.807, 2.05) is 48.8 Å². The number of rotatable bonds is 0. The van der Waals surface area contributed by atoms with Crippen molar-refractivity contribution in [2.75, 3.05) is 18.9 Å². The standard InChI is InChI=1S/C18H19N5O2/c1-11-6-7-24-14-5-3-4-13(8-14)9-23-12(2)20-15-16(19)21-18(25-10-11)22-17(15)23/h3-6,8H,7,9-10H2,1-2H3,(H2,19,21,22)/b11-6-. The number of hydrogen-bond donors (Lipinski definition) is 1. The molecule has 0 saturated carbocycles. The quantitative estimate of drug-likeness (QED) is 0.634. The van der Waals surface area contributed by atoms with E-state index in [0.29, 0.717) is 36.7 Å². The van der Waals surface area contributed by atoms with Gasteiger partial charge < -0.3 is 19.8 Å². The summed E-state index contributed by atoms with van der Waals surface area (Å²) in [6.07, 6.45) is 1.98. The number of imidazole rings is 1. The minimum absolute atomic E-state index is 0.255. The largest absolute Gasteiger partial charge is 0.490 e. The Bertz CT molecular complexity index is 977. The first-order valence-electron chi connectivity index (χ1n) is 8.10. The van der Waals surface area contributed by atoms with Gasteiger partial charge in [0.05, 0.1) is 6.54 Å². The number of aryl methyl sites for hydroxylation is 1. The molecule has 1 aliphatic heterocycles. The average molecular weight is 337 g/mol. The van der Waals surface area contributed by atoms with Gasteiger partial charge in [-0.3, -0.25) is 0 Å². The molecule has 0 atom stereocenters. The van der Waals surface area contributed by atoms with Crippen LogP contribution < -0.4 is 15.2 Å². The van der Waals surface area contributed by atoms with Crippen LogP contribution in [0.4, 0.5) is 5.82 Å². The van der Waals surface area contributed by atoms with Gasteiger partial charge in [-0.2, -0.15) is 9.97 Å². The van der Waals surface area contributed by atoms with E-state index in [9.17, 15) is 0 Å². The third-order valence-electron chi connectivity index (χ3n) is 4.14. The molecule has 0 unspecified atom stereocenters. The van der Waals surface area contributed by atoms with Crippen molar-refractivity contribution in [2.24, 2.45) is 0 Å². The van der Waals surface area contributed by atoms with Gasteiger partial charge in [0.25, 0.3) is 0 Å². The van der Waals surface area contributed by atoms with Gasteiger partial charge >= 0.3 is 6.01 Å². The van der Waals surface area contributed by atoms with E-state index < -0.39 is 0 Å². The maximum absolute atomic E-state index is 6.07. The molecule has 7 nitrogen and oxygen atoms in total. The fourth-order valence-corrected chi connectivity index (χ4v) is 2.80. The lowest BCUT2D eigenvalue weighted by Gasteiger charge is -2.11. The van der Waals surface area contributed by atoms with E-state index in [2.05, 4.69) is 15.0 Å². The first-order valence-corrected chi connectivity index (χ1v) is 8.10. The van der Waals surface area contributed by atoms with Crippen LogP contribution in [0.1, 0.15) is 18.3 Å². The molecule has 128 valence electrons. The molecule has 0 fully saturated rings. The Morgan fingerprint density at radius 3 is 2.88 bits per heavy atom. The summed E-state index contributed by atoms with van der Waals surface area (Å²) in [6.45, 7) is 5.38. The molecule has 3 aromatic rings. The fourth-order valence-electron chi connectivity index (χ4n) is 2.80. The van der Waals surface area contributed by atoms with E-state index >= 15 is 0 Å². The Balaban J connectivity index is 1.88. The second-order valence-electron chi connectivity index (χ2n) is 6.11. The normalized spacial score (nSPS) is 16.6. The molecule has 25 heavy (non-hydrogen) atoms. The molecule has 0 amide bonds. The number of nitrogens with zero attached hydrogens (tertiary/aromatic N) is 4. The fraction of sp³-hybridized carbons (Fsp3) is 0.278. The molecule has 2 N–H and O–H groups in total. The van der Waals surface area contributed by atoms with E-state index in [4.69, 9.17) is 15.2 Å². The third-order valence-corrected chi connectivity index (χ3v) is 4.14. The van der Waals surface area contributed by atoms with Crippen molar-refractivity contribution >= 4 is 17.0 Å². The van der Waals surface area contributed by atoms with E-state index in [1.54, 1.807) is 0 Å². The second kappa shape index (κ2) is 6.08. The number of hydrogen-bond acceptors (Lipinski definition) is 6. The summed E-state index contributed by atoms with van der Waals surface area (Å²) in [5.41, 5.74) is 9.45. The van der Waals surface area contributed by atoms with Crippen molar-refractivity contribution in [3.05, 3.63) is 47.3 Å². The summed E-state index contributed by atoms with van der Waals surface area (Å²) in [5.74, 6) is 1.98. The van der Waals surface area contributed by atoms with Crippen molar-refractivity contribution in [1.29, 1.82) is 0 Å². The molecule has 0 saturated heterocycles. The average Bonchev–Trinajstić information content (AvgIpc) is 2.90. The summed E-state index contributed by atoms with van der Waals surface area (Å²) in [7, 11) is 0. The Hall–Kier alpha value is -3.09. The number of nitrogens with two attached hydrogens (primary N) is 1.